The first-order valence-corrected chi connectivity index (χ1v) is 13.7. The Balaban J connectivity index is 1.39. The topological polar surface area (TPSA) is 111 Å². The molecule has 38 heavy (non-hydrogen) atoms. The van der Waals surface area contributed by atoms with Crippen molar-refractivity contribution in [1.29, 1.82) is 0 Å². The van der Waals surface area contributed by atoms with Crippen LogP contribution in [0.4, 0.5) is 0 Å². The molecule has 2 aromatic rings. The Morgan fingerprint density at radius 1 is 1.13 bits per heavy atom. The minimum absolute atomic E-state index is 0.0410. The summed E-state index contributed by atoms with van der Waals surface area (Å²) < 4.78 is 15.9. The summed E-state index contributed by atoms with van der Waals surface area (Å²) in [6.07, 6.45) is 1.08. The maximum absolute atomic E-state index is 13.0. The first kappa shape index (κ1) is 27.9. The largest absolute Gasteiger partial charge is 0.497 e. The molecule has 2 aliphatic rings. The third-order valence-electron chi connectivity index (χ3n) is 6.27. The maximum atomic E-state index is 13.0. The molecule has 0 radical (unpaired) electrons. The third-order valence-corrected chi connectivity index (χ3v) is 7.95. The van der Waals surface area contributed by atoms with Gasteiger partial charge in [-0.05, 0) is 36.1 Å². The van der Waals surface area contributed by atoms with Gasteiger partial charge in [-0.2, -0.15) is 0 Å². The lowest BCUT2D eigenvalue weighted by Crippen LogP contribution is -2.72. The lowest BCUT2D eigenvalue weighted by Gasteiger charge is -2.47. The van der Waals surface area contributed by atoms with E-state index >= 15 is 0 Å². The molecule has 2 aromatic carbocycles. The average Bonchev–Trinajstić information content (AvgIpc) is 3.48. The Hall–Kier alpha value is -3.08. The molecule has 0 bridgehead atoms. The highest BCUT2D eigenvalue weighted by Crippen LogP contribution is 2.34. The van der Waals surface area contributed by atoms with Crippen LogP contribution in [0.2, 0.25) is 0 Å². The van der Waals surface area contributed by atoms with Crippen LogP contribution in [-0.2, 0) is 41.7 Å². The van der Waals surface area contributed by atoms with E-state index in [0.717, 1.165) is 34.2 Å². The SMILES string of the molecule is COc1ccc(COC(=O)C(Cl)N2C(=O)[C@@H](NC(=O)Cc3ccccc3)[C@H]2SCC(=O)C2CCCO2)cc1. The van der Waals surface area contributed by atoms with Crippen molar-refractivity contribution >= 4 is 46.9 Å². The van der Waals surface area contributed by atoms with Gasteiger partial charge < -0.3 is 19.5 Å². The first-order chi connectivity index (χ1) is 18.4. The third kappa shape index (κ3) is 6.86. The summed E-state index contributed by atoms with van der Waals surface area (Å²) in [6.45, 7) is 0.498. The molecule has 0 aliphatic carbocycles. The van der Waals surface area contributed by atoms with Crippen LogP contribution in [0.1, 0.15) is 24.0 Å². The number of hydrogen-bond donors (Lipinski definition) is 1. The van der Waals surface area contributed by atoms with Crippen LogP contribution in [0.3, 0.4) is 0 Å². The van der Waals surface area contributed by atoms with Crippen molar-refractivity contribution in [3.05, 3.63) is 65.7 Å². The van der Waals surface area contributed by atoms with Gasteiger partial charge in [0.1, 0.15) is 29.9 Å². The van der Waals surface area contributed by atoms with Gasteiger partial charge in [-0.1, -0.05) is 54.1 Å². The van der Waals surface area contributed by atoms with Crippen LogP contribution >= 0.6 is 23.4 Å². The van der Waals surface area contributed by atoms with Gasteiger partial charge in [0.25, 0.3) is 5.91 Å². The molecule has 4 atom stereocenters. The number of methoxy groups -OCH3 is 1. The summed E-state index contributed by atoms with van der Waals surface area (Å²) in [5.74, 6) is -1.06. The van der Waals surface area contributed by atoms with Crippen LogP contribution < -0.4 is 10.1 Å². The summed E-state index contributed by atoms with van der Waals surface area (Å²) in [7, 11) is 1.55. The minimum Gasteiger partial charge on any atom is -0.497 e. The highest BCUT2D eigenvalue weighted by molar-refractivity contribution is 8.00. The zero-order valence-corrected chi connectivity index (χ0v) is 22.4. The Bertz CT molecular complexity index is 1140. The van der Waals surface area contributed by atoms with E-state index in [2.05, 4.69) is 5.32 Å². The van der Waals surface area contributed by atoms with E-state index in [-0.39, 0.29) is 30.5 Å². The predicted molar refractivity (Wildman–Crippen MR) is 142 cm³/mol. The summed E-state index contributed by atoms with van der Waals surface area (Å²) in [4.78, 5) is 52.2. The van der Waals surface area contributed by atoms with Gasteiger partial charge in [0, 0.05) is 6.61 Å². The number of amides is 2. The van der Waals surface area contributed by atoms with Gasteiger partial charge in [-0.25, -0.2) is 4.79 Å². The number of benzene rings is 2. The Morgan fingerprint density at radius 2 is 1.87 bits per heavy atom. The van der Waals surface area contributed by atoms with E-state index in [0.29, 0.717) is 18.8 Å². The molecule has 2 fully saturated rings. The zero-order chi connectivity index (χ0) is 27.1. The predicted octanol–water partition coefficient (Wildman–Crippen LogP) is 2.68. The van der Waals surface area contributed by atoms with Crippen LogP contribution in [0.25, 0.3) is 0 Å². The van der Waals surface area contributed by atoms with Crippen molar-refractivity contribution in [3.63, 3.8) is 0 Å². The monoisotopic (exact) mass is 560 g/mol. The molecular formula is C27H29ClN2O7S. The zero-order valence-electron chi connectivity index (χ0n) is 20.8. The Morgan fingerprint density at radius 3 is 2.53 bits per heavy atom. The number of likely N-dealkylation sites (tertiary alicyclic amines) is 1. The van der Waals surface area contributed by atoms with Gasteiger partial charge in [-0.3, -0.25) is 19.3 Å². The van der Waals surface area contributed by atoms with E-state index in [4.69, 9.17) is 25.8 Å². The summed E-state index contributed by atoms with van der Waals surface area (Å²) in [5.41, 5.74) is 0.0965. The molecule has 1 N–H and O–H groups in total. The van der Waals surface area contributed by atoms with Crippen molar-refractivity contribution < 1.29 is 33.4 Å². The molecule has 202 valence electrons. The quantitative estimate of drug-likeness (QED) is 0.183. The van der Waals surface area contributed by atoms with Gasteiger partial charge in [0.05, 0.1) is 19.3 Å². The normalized spacial score (nSPS) is 21.4. The Kier molecular flexibility index (Phi) is 9.65. The van der Waals surface area contributed by atoms with E-state index in [1.165, 1.54) is 0 Å². The van der Waals surface area contributed by atoms with E-state index < -0.39 is 34.9 Å². The molecule has 11 heteroatoms. The molecular weight excluding hydrogens is 532 g/mol. The average molecular weight is 561 g/mol. The van der Waals surface area contributed by atoms with Gasteiger partial charge in [0.15, 0.2) is 5.78 Å². The van der Waals surface area contributed by atoms with Crippen LogP contribution in [0.15, 0.2) is 54.6 Å². The smallest absolute Gasteiger partial charge is 0.345 e. The standard InChI is InChI=1S/C27H29ClN2O7S/c1-35-19-11-9-18(10-12-19)15-37-27(34)24(28)30-25(33)23(29-22(32)14-17-6-3-2-4-7-17)26(30)38-16-20(31)21-8-5-13-36-21/h2-4,6-7,9-12,21,23-24,26H,5,8,13-16H2,1H3,(H,29,32)/t21?,23-,24?,26-/m1/s1. The molecule has 2 aliphatic heterocycles. The number of alkyl halides is 1. The maximum Gasteiger partial charge on any atom is 0.345 e. The van der Waals surface area contributed by atoms with Crippen LogP contribution in [0, 0.1) is 0 Å². The number of rotatable bonds is 12. The first-order valence-electron chi connectivity index (χ1n) is 12.2. The molecule has 4 rings (SSSR count). The van der Waals surface area contributed by atoms with Crippen molar-refractivity contribution in [1.82, 2.24) is 10.2 Å². The molecule has 9 nitrogen and oxygen atoms in total. The fourth-order valence-corrected chi connectivity index (χ4v) is 5.82. The number of ether oxygens (including phenoxy) is 3. The molecule has 2 heterocycles. The van der Waals surface area contributed by atoms with Gasteiger partial charge >= 0.3 is 5.97 Å². The van der Waals surface area contributed by atoms with Crippen LogP contribution in [-0.4, -0.2) is 71.0 Å². The number of carbonyl (C=O) groups excluding carboxylic acids is 4. The summed E-state index contributed by atoms with van der Waals surface area (Å²) in [6, 6.07) is 15.2. The van der Waals surface area contributed by atoms with E-state index in [1.807, 2.05) is 30.3 Å². The number of Topliss-reactive ketones (excluding diaryl/α,β-unsaturated/α-hetero) is 1. The number of β-lactam (4-membered cyclic amide) rings is 1. The highest BCUT2D eigenvalue weighted by Gasteiger charge is 2.53. The number of thioether (sulfide) groups is 1. The van der Waals surface area contributed by atoms with E-state index in [9.17, 15) is 19.2 Å². The van der Waals surface area contributed by atoms with Crippen molar-refractivity contribution in [3.8, 4) is 5.75 Å². The fourth-order valence-electron chi connectivity index (χ4n) is 4.19. The summed E-state index contributed by atoms with van der Waals surface area (Å²) in [5, 5.41) is 2.02. The second kappa shape index (κ2) is 13.1. The molecule has 2 saturated heterocycles. The number of nitrogens with one attached hydrogen (secondary N) is 1. The lowest BCUT2D eigenvalue weighted by molar-refractivity contribution is -0.161. The number of esters is 1. The van der Waals surface area contributed by atoms with Gasteiger partial charge in [-0.15, -0.1) is 11.8 Å². The minimum atomic E-state index is -1.42. The number of ketones is 1. The second-order valence-corrected chi connectivity index (χ2v) is 10.4. The molecule has 2 unspecified atom stereocenters. The molecule has 0 aromatic heterocycles. The van der Waals surface area contributed by atoms with Crippen LogP contribution in [0.5, 0.6) is 5.75 Å². The summed E-state index contributed by atoms with van der Waals surface area (Å²) >= 11 is 7.53. The highest BCUT2D eigenvalue weighted by atomic mass is 35.5. The van der Waals surface area contributed by atoms with Crippen molar-refractivity contribution in [2.45, 2.75) is 48.9 Å². The number of nitrogens with zero attached hydrogens (tertiary/aromatic N) is 1. The lowest BCUT2D eigenvalue weighted by atomic mass is 10.1. The van der Waals surface area contributed by atoms with E-state index in [1.54, 1.807) is 31.4 Å². The Labute approximate surface area is 230 Å². The van der Waals surface area contributed by atoms with Crippen molar-refractivity contribution in [2.24, 2.45) is 0 Å². The van der Waals surface area contributed by atoms with Gasteiger partial charge in [0.2, 0.25) is 11.4 Å². The number of hydrogen-bond acceptors (Lipinski definition) is 8. The fraction of sp³-hybridized carbons (Fsp3) is 0.407. The van der Waals surface area contributed by atoms with Crippen molar-refractivity contribution in [2.75, 3.05) is 19.5 Å². The second-order valence-electron chi connectivity index (χ2n) is 8.91. The molecule has 0 spiro atoms. The number of carbonyl (C=O) groups is 4. The number of halogens is 1. The molecule has 0 saturated carbocycles. The molecule has 2 amide bonds.